The van der Waals surface area contributed by atoms with E-state index in [9.17, 15) is 9.90 Å². The number of hydrogen-bond donors (Lipinski definition) is 1. The summed E-state index contributed by atoms with van der Waals surface area (Å²) < 4.78 is 11.5. The lowest BCUT2D eigenvalue weighted by atomic mass is 9.72. The number of carbonyl (C=O) groups excluding carboxylic acids is 1. The van der Waals surface area contributed by atoms with Gasteiger partial charge < -0.3 is 14.6 Å². The van der Waals surface area contributed by atoms with E-state index in [1.54, 1.807) is 7.11 Å². The largest absolute Gasteiger partial charge is 0.511 e. The second kappa shape index (κ2) is 6.46. The third-order valence-corrected chi connectivity index (χ3v) is 6.95. The number of ketones is 1. The smallest absolute Gasteiger partial charge is 0.173 e. The van der Waals surface area contributed by atoms with Gasteiger partial charge in [0.15, 0.2) is 5.78 Å². The molecule has 2 saturated heterocycles. The highest BCUT2D eigenvalue weighted by Gasteiger charge is 2.62. The van der Waals surface area contributed by atoms with Crippen LogP contribution >= 0.6 is 0 Å². The van der Waals surface area contributed by atoms with Gasteiger partial charge in [0.1, 0.15) is 11.5 Å². The van der Waals surface area contributed by atoms with E-state index in [0.29, 0.717) is 5.57 Å². The zero-order valence-electron chi connectivity index (χ0n) is 17.2. The van der Waals surface area contributed by atoms with Crippen molar-refractivity contribution in [1.82, 2.24) is 0 Å². The average molecular weight is 390 g/mol. The highest BCUT2D eigenvalue weighted by Crippen LogP contribution is 2.58. The number of carbonyl (C=O) groups is 1. The summed E-state index contributed by atoms with van der Waals surface area (Å²) in [6.45, 7) is 6.08. The lowest BCUT2D eigenvalue weighted by molar-refractivity contribution is -0.118. The van der Waals surface area contributed by atoms with E-state index >= 15 is 0 Å². The van der Waals surface area contributed by atoms with E-state index in [0.717, 1.165) is 34.4 Å². The molecule has 3 aliphatic rings. The normalized spacial score (nSPS) is 30.2. The zero-order chi connectivity index (χ0) is 20.4. The Kier molecular flexibility index (Phi) is 4.11. The van der Waals surface area contributed by atoms with Gasteiger partial charge in [0.2, 0.25) is 0 Å². The van der Waals surface area contributed by atoms with E-state index in [-0.39, 0.29) is 41.5 Å². The molecular formula is C25H26O4. The molecule has 0 radical (unpaired) electrons. The fourth-order valence-corrected chi connectivity index (χ4v) is 5.86. The molecule has 0 saturated carbocycles. The number of Topliss-reactive ketones (excluding diaryl/α,β-unsaturated/α-hetero) is 1. The van der Waals surface area contributed by atoms with Crippen molar-refractivity contribution in [2.75, 3.05) is 7.11 Å². The quantitative estimate of drug-likeness (QED) is 0.828. The van der Waals surface area contributed by atoms with Crippen molar-refractivity contribution >= 4 is 11.4 Å². The first-order chi connectivity index (χ1) is 13.9. The molecule has 29 heavy (non-hydrogen) atoms. The molecule has 2 aliphatic heterocycles. The predicted molar refractivity (Wildman–Crippen MR) is 111 cm³/mol. The molecule has 1 N–H and O–H groups in total. The summed E-state index contributed by atoms with van der Waals surface area (Å²) in [5.74, 6) is 0.765. The highest BCUT2D eigenvalue weighted by molar-refractivity contribution is 6.26. The maximum atomic E-state index is 13.4. The summed E-state index contributed by atoms with van der Waals surface area (Å²) in [7, 11) is 1.66. The van der Waals surface area contributed by atoms with Crippen LogP contribution in [0, 0.1) is 32.6 Å². The molecule has 0 unspecified atom stereocenters. The predicted octanol–water partition coefficient (Wildman–Crippen LogP) is 4.66. The first-order valence-corrected chi connectivity index (χ1v) is 10.3. The molecule has 0 aromatic heterocycles. The molecule has 4 nitrogen and oxygen atoms in total. The summed E-state index contributed by atoms with van der Waals surface area (Å²) in [5.41, 5.74) is 5.83. The number of allylic oxidation sites excluding steroid dienone is 1. The fraction of sp³-hybridized carbons (Fsp3) is 0.400. The SMILES string of the molecule is COc1ccc([C@@H]2C[C@@H]3O[C@H]2[C@H]2C(O)=C(c4c(C)cc(C)cc4C)C(=O)[C@H]23)cc1. The minimum absolute atomic E-state index is 0.0447. The molecule has 0 amide bonds. The number of hydrogen-bond acceptors (Lipinski definition) is 4. The Balaban J connectivity index is 1.54. The van der Waals surface area contributed by atoms with Crippen LogP contribution in [-0.4, -0.2) is 30.2 Å². The van der Waals surface area contributed by atoms with E-state index in [2.05, 4.69) is 31.2 Å². The summed E-state index contributed by atoms with van der Waals surface area (Å²) in [4.78, 5) is 13.4. The van der Waals surface area contributed by atoms with Crippen molar-refractivity contribution < 1.29 is 19.4 Å². The molecule has 5 atom stereocenters. The van der Waals surface area contributed by atoms with E-state index in [4.69, 9.17) is 9.47 Å². The molecule has 4 heteroatoms. The van der Waals surface area contributed by atoms with Gasteiger partial charge in [-0.1, -0.05) is 29.8 Å². The Morgan fingerprint density at radius 1 is 1.03 bits per heavy atom. The van der Waals surface area contributed by atoms with Gasteiger partial charge in [0, 0.05) is 5.92 Å². The number of benzene rings is 2. The van der Waals surface area contributed by atoms with Gasteiger partial charge in [0.05, 0.1) is 36.7 Å². The van der Waals surface area contributed by atoms with Crippen LogP contribution in [0.15, 0.2) is 42.2 Å². The number of ether oxygens (including phenoxy) is 2. The number of aliphatic hydroxyl groups excluding tert-OH is 1. The first kappa shape index (κ1) is 18.4. The third-order valence-electron chi connectivity index (χ3n) is 6.95. The Hall–Kier alpha value is -2.59. The second-order valence-electron chi connectivity index (χ2n) is 8.70. The molecule has 2 aromatic carbocycles. The molecule has 2 aromatic rings. The summed E-state index contributed by atoms with van der Waals surface area (Å²) in [5, 5.41) is 11.2. The van der Waals surface area contributed by atoms with Gasteiger partial charge in [-0.3, -0.25) is 4.79 Å². The van der Waals surface area contributed by atoms with Crippen LogP contribution in [0.3, 0.4) is 0 Å². The molecular weight excluding hydrogens is 364 g/mol. The van der Waals surface area contributed by atoms with Crippen molar-refractivity contribution in [1.29, 1.82) is 0 Å². The zero-order valence-corrected chi connectivity index (χ0v) is 17.2. The molecule has 2 fully saturated rings. The molecule has 2 heterocycles. The van der Waals surface area contributed by atoms with Gasteiger partial charge >= 0.3 is 0 Å². The molecule has 2 bridgehead atoms. The third kappa shape index (κ3) is 2.58. The van der Waals surface area contributed by atoms with Crippen molar-refractivity contribution in [2.24, 2.45) is 11.8 Å². The Labute approximate surface area is 171 Å². The Bertz CT molecular complexity index is 1010. The number of fused-ring (bicyclic) bond motifs is 5. The van der Waals surface area contributed by atoms with Crippen LogP contribution in [0.5, 0.6) is 5.75 Å². The number of rotatable bonds is 3. The lowest BCUT2D eigenvalue weighted by Gasteiger charge is -2.27. The molecule has 150 valence electrons. The maximum Gasteiger partial charge on any atom is 0.173 e. The van der Waals surface area contributed by atoms with Gasteiger partial charge in [0.25, 0.3) is 0 Å². The van der Waals surface area contributed by atoms with Crippen molar-refractivity contribution in [3.8, 4) is 5.75 Å². The fourth-order valence-electron chi connectivity index (χ4n) is 5.86. The van der Waals surface area contributed by atoms with Crippen LogP contribution in [0.4, 0.5) is 0 Å². The highest BCUT2D eigenvalue weighted by atomic mass is 16.5. The molecule has 0 spiro atoms. The van der Waals surface area contributed by atoms with Crippen LogP contribution in [0.1, 0.15) is 40.2 Å². The Morgan fingerprint density at radius 3 is 2.31 bits per heavy atom. The van der Waals surface area contributed by atoms with Crippen LogP contribution in [0.2, 0.25) is 0 Å². The van der Waals surface area contributed by atoms with Gasteiger partial charge in [-0.2, -0.15) is 0 Å². The average Bonchev–Trinajstić information content (AvgIpc) is 3.34. The molecule has 5 rings (SSSR count). The van der Waals surface area contributed by atoms with E-state index in [1.165, 1.54) is 5.56 Å². The van der Waals surface area contributed by atoms with Gasteiger partial charge in [-0.15, -0.1) is 0 Å². The van der Waals surface area contributed by atoms with Crippen LogP contribution in [0.25, 0.3) is 5.57 Å². The summed E-state index contributed by atoms with van der Waals surface area (Å²) >= 11 is 0. The van der Waals surface area contributed by atoms with E-state index in [1.807, 2.05) is 26.0 Å². The van der Waals surface area contributed by atoms with Crippen molar-refractivity contribution in [3.63, 3.8) is 0 Å². The number of methoxy groups -OCH3 is 1. The summed E-state index contributed by atoms with van der Waals surface area (Å²) in [6, 6.07) is 12.2. The minimum Gasteiger partial charge on any atom is -0.511 e. The first-order valence-electron chi connectivity index (χ1n) is 10.3. The Morgan fingerprint density at radius 2 is 1.69 bits per heavy atom. The van der Waals surface area contributed by atoms with Crippen LogP contribution < -0.4 is 4.74 Å². The number of aryl methyl sites for hydroxylation is 3. The van der Waals surface area contributed by atoms with Gasteiger partial charge in [-0.25, -0.2) is 0 Å². The monoisotopic (exact) mass is 390 g/mol. The van der Waals surface area contributed by atoms with Crippen LogP contribution in [-0.2, 0) is 9.53 Å². The lowest BCUT2D eigenvalue weighted by Crippen LogP contribution is -2.33. The minimum atomic E-state index is -0.260. The van der Waals surface area contributed by atoms with Crippen molar-refractivity contribution in [3.05, 3.63) is 70.0 Å². The standard InChI is InChI=1S/C25H26O4/c1-12-9-13(2)19(14(3)10-12)21-23(26)20-18-11-17(25(29-18)22(20)24(21)27)15-5-7-16(28-4)8-6-15/h5-10,17-18,20,22,25,27H,11H2,1-4H3/t17-,18-,20-,22+,25+/m0/s1. The second-order valence-corrected chi connectivity index (χ2v) is 8.70. The topological polar surface area (TPSA) is 55.8 Å². The maximum absolute atomic E-state index is 13.4. The summed E-state index contributed by atoms with van der Waals surface area (Å²) in [6.07, 6.45) is 0.525. The van der Waals surface area contributed by atoms with E-state index < -0.39 is 0 Å². The molecule has 1 aliphatic carbocycles. The number of aliphatic hydroxyl groups is 1. The van der Waals surface area contributed by atoms with Gasteiger partial charge in [-0.05, 0) is 61.6 Å². The van der Waals surface area contributed by atoms with Crippen molar-refractivity contribution in [2.45, 2.75) is 45.3 Å².